The standard InChI is InChI=1S/C15H23N3O3S.ClH/c1-17(22(2,20)21)11-15(19)18-9-13(8-16)14(10-18)12-6-4-3-5-7-12;/h3-7,13-14H,8-11,16H2,1-2H3;1H/t13-,14+;/m1./s1. The van der Waals surface area contributed by atoms with Gasteiger partial charge in [-0.1, -0.05) is 30.3 Å². The summed E-state index contributed by atoms with van der Waals surface area (Å²) in [5, 5.41) is 0. The molecule has 0 unspecified atom stereocenters. The fraction of sp³-hybridized carbons (Fsp3) is 0.533. The Hall–Kier alpha value is -1.15. The number of nitrogens with zero attached hydrogens (tertiary/aromatic N) is 2. The molecule has 130 valence electrons. The second-order valence-corrected chi connectivity index (χ2v) is 7.92. The molecule has 6 nitrogen and oxygen atoms in total. The van der Waals surface area contributed by atoms with E-state index in [2.05, 4.69) is 0 Å². The molecule has 0 radical (unpaired) electrons. The predicted octanol–water partition coefficient (Wildman–Crippen LogP) is 0.501. The van der Waals surface area contributed by atoms with Crippen LogP contribution in [0.25, 0.3) is 0 Å². The molecule has 1 aromatic carbocycles. The van der Waals surface area contributed by atoms with Gasteiger partial charge in [0.05, 0.1) is 12.8 Å². The second kappa shape index (κ2) is 8.10. The van der Waals surface area contributed by atoms with Crippen LogP contribution in [0.1, 0.15) is 11.5 Å². The number of amides is 1. The summed E-state index contributed by atoms with van der Waals surface area (Å²) in [6.45, 7) is 1.54. The van der Waals surface area contributed by atoms with Crippen LogP contribution in [-0.4, -0.2) is 63.0 Å². The van der Waals surface area contributed by atoms with Gasteiger partial charge in [-0.15, -0.1) is 12.4 Å². The van der Waals surface area contributed by atoms with Crippen molar-refractivity contribution in [3.8, 4) is 0 Å². The maximum absolute atomic E-state index is 12.3. The van der Waals surface area contributed by atoms with Crippen LogP contribution in [0.2, 0.25) is 0 Å². The van der Waals surface area contributed by atoms with Crippen LogP contribution in [0.15, 0.2) is 30.3 Å². The average Bonchev–Trinajstić information content (AvgIpc) is 2.91. The normalized spacial score (nSPS) is 21.3. The third-order valence-corrected chi connectivity index (χ3v) is 5.51. The van der Waals surface area contributed by atoms with Gasteiger partial charge in [-0.3, -0.25) is 4.79 Å². The molecule has 0 aliphatic carbocycles. The van der Waals surface area contributed by atoms with Gasteiger partial charge >= 0.3 is 0 Å². The van der Waals surface area contributed by atoms with Gasteiger partial charge in [-0.2, -0.15) is 4.31 Å². The van der Waals surface area contributed by atoms with Gasteiger partial charge in [-0.25, -0.2) is 8.42 Å². The highest BCUT2D eigenvalue weighted by Crippen LogP contribution is 2.32. The Labute approximate surface area is 144 Å². The quantitative estimate of drug-likeness (QED) is 0.827. The van der Waals surface area contributed by atoms with E-state index in [4.69, 9.17) is 5.73 Å². The highest BCUT2D eigenvalue weighted by atomic mass is 35.5. The zero-order valence-corrected chi connectivity index (χ0v) is 15.0. The van der Waals surface area contributed by atoms with Gasteiger partial charge in [0.25, 0.3) is 0 Å². The molecule has 0 aromatic heterocycles. The largest absolute Gasteiger partial charge is 0.341 e. The Morgan fingerprint density at radius 3 is 2.43 bits per heavy atom. The minimum Gasteiger partial charge on any atom is -0.341 e. The highest BCUT2D eigenvalue weighted by molar-refractivity contribution is 7.88. The monoisotopic (exact) mass is 361 g/mol. The lowest BCUT2D eigenvalue weighted by atomic mass is 9.89. The van der Waals surface area contributed by atoms with Crippen molar-refractivity contribution in [1.29, 1.82) is 0 Å². The SMILES string of the molecule is CN(CC(=O)N1C[C@@H](CN)[C@H](c2ccccc2)C1)S(C)(=O)=O.Cl. The molecule has 2 atom stereocenters. The number of nitrogens with two attached hydrogens (primary N) is 1. The number of benzene rings is 1. The third kappa shape index (κ3) is 4.91. The van der Waals surface area contributed by atoms with Crippen molar-refractivity contribution in [2.75, 3.05) is 39.5 Å². The smallest absolute Gasteiger partial charge is 0.237 e. The Morgan fingerprint density at radius 2 is 1.91 bits per heavy atom. The maximum atomic E-state index is 12.3. The average molecular weight is 362 g/mol. The molecule has 1 amide bonds. The van der Waals surface area contributed by atoms with Crippen molar-refractivity contribution in [2.24, 2.45) is 11.7 Å². The lowest BCUT2D eigenvalue weighted by Crippen LogP contribution is -2.40. The second-order valence-electron chi connectivity index (χ2n) is 5.83. The Morgan fingerprint density at radius 1 is 1.30 bits per heavy atom. The van der Waals surface area contributed by atoms with Crippen molar-refractivity contribution in [1.82, 2.24) is 9.21 Å². The van der Waals surface area contributed by atoms with Crippen LogP contribution in [0.4, 0.5) is 0 Å². The highest BCUT2D eigenvalue weighted by Gasteiger charge is 2.35. The number of carbonyl (C=O) groups excluding carboxylic acids is 1. The topological polar surface area (TPSA) is 83.7 Å². The fourth-order valence-electron chi connectivity index (χ4n) is 2.80. The van der Waals surface area contributed by atoms with Crippen LogP contribution in [0.5, 0.6) is 0 Å². The van der Waals surface area contributed by atoms with Crippen LogP contribution in [0, 0.1) is 5.92 Å². The van der Waals surface area contributed by atoms with Gasteiger partial charge < -0.3 is 10.6 Å². The summed E-state index contributed by atoms with van der Waals surface area (Å²) in [5.74, 6) is 0.235. The first-order chi connectivity index (χ1) is 10.3. The minimum absolute atomic E-state index is 0. The minimum atomic E-state index is -3.35. The zero-order valence-electron chi connectivity index (χ0n) is 13.4. The number of likely N-dealkylation sites (N-methyl/N-ethyl adjacent to an activating group) is 1. The van der Waals surface area contributed by atoms with Crippen LogP contribution >= 0.6 is 12.4 Å². The van der Waals surface area contributed by atoms with Crippen molar-refractivity contribution in [2.45, 2.75) is 5.92 Å². The van der Waals surface area contributed by atoms with Crippen molar-refractivity contribution in [3.63, 3.8) is 0 Å². The molecule has 2 N–H and O–H groups in total. The van der Waals surface area contributed by atoms with Crippen molar-refractivity contribution < 1.29 is 13.2 Å². The molecule has 23 heavy (non-hydrogen) atoms. The first-order valence-corrected chi connectivity index (χ1v) is 9.12. The van der Waals surface area contributed by atoms with Gasteiger partial charge in [0.15, 0.2) is 0 Å². The van der Waals surface area contributed by atoms with Gasteiger partial charge in [0, 0.05) is 26.1 Å². The molecular formula is C15H24ClN3O3S. The van der Waals surface area contributed by atoms with E-state index < -0.39 is 10.0 Å². The maximum Gasteiger partial charge on any atom is 0.237 e. The first-order valence-electron chi connectivity index (χ1n) is 7.27. The molecule has 1 saturated heterocycles. The Balaban J connectivity index is 0.00000264. The lowest BCUT2D eigenvalue weighted by Gasteiger charge is -2.20. The Bertz CT molecular complexity index is 624. The number of sulfonamides is 1. The van der Waals surface area contributed by atoms with E-state index in [9.17, 15) is 13.2 Å². The summed E-state index contributed by atoms with van der Waals surface area (Å²) in [7, 11) is -1.94. The summed E-state index contributed by atoms with van der Waals surface area (Å²) >= 11 is 0. The molecule has 1 aromatic rings. The number of likely N-dealkylation sites (tertiary alicyclic amines) is 1. The van der Waals surface area contributed by atoms with E-state index in [1.165, 1.54) is 12.6 Å². The van der Waals surface area contributed by atoms with E-state index in [1.54, 1.807) is 4.90 Å². The number of carbonyl (C=O) groups is 1. The molecule has 1 fully saturated rings. The number of rotatable bonds is 5. The van der Waals surface area contributed by atoms with Crippen molar-refractivity contribution in [3.05, 3.63) is 35.9 Å². The summed E-state index contributed by atoms with van der Waals surface area (Å²) in [6.07, 6.45) is 1.10. The number of hydrogen-bond donors (Lipinski definition) is 1. The van der Waals surface area contributed by atoms with Gasteiger partial charge in [0.2, 0.25) is 15.9 Å². The predicted molar refractivity (Wildman–Crippen MR) is 93.0 cm³/mol. The molecule has 0 spiro atoms. The number of halogens is 1. The fourth-order valence-corrected chi connectivity index (χ4v) is 3.14. The zero-order chi connectivity index (χ0) is 16.3. The molecule has 0 saturated carbocycles. The summed E-state index contributed by atoms with van der Waals surface area (Å²) in [5.41, 5.74) is 7.02. The molecule has 8 heteroatoms. The molecule has 1 aliphatic heterocycles. The van der Waals surface area contributed by atoms with E-state index >= 15 is 0 Å². The van der Waals surface area contributed by atoms with Gasteiger partial charge in [0.1, 0.15) is 0 Å². The first kappa shape index (κ1) is 19.9. The summed E-state index contributed by atoms with van der Waals surface area (Å²) < 4.78 is 23.9. The van der Waals surface area contributed by atoms with E-state index in [-0.39, 0.29) is 36.7 Å². The summed E-state index contributed by atoms with van der Waals surface area (Å²) in [6, 6.07) is 10.0. The Kier molecular flexibility index (Phi) is 7.01. The summed E-state index contributed by atoms with van der Waals surface area (Å²) in [4.78, 5) is 14.0. The molecule has 2 rings (SSSR count). The van der Waals surface area contributed by atoms with E-state index in [0.29, 0.717) is 19.6 Å². The number of hydrogen-bond acceptors (Lipinski definition) is 4. The molecule has 1 aliphatic rings. The van der Waals surface area contributed by atoms with Crippen LogP contribution < -0.4 is 5.73 Å². The van der Waals surface area contributed by atoms with Crippen molar-refractivity contribution >= 4 is 28.3 Å². The van der Waals surface area contributed by atoms with Crippen LogP contribution in [-0.2, 0) is 14.8 Å². The lowest BCUT2D eigenvalue weighted by molar-refractivity contribution is -0.130. The van der Waals surface area contributed by atoms with Gasteiger partial charge in [-0.05, 0) is 18.0 Å². The molecule has 1 heterocycles. The van der Waals surface area contributed by atoms with E-state index in [0.717, 1.165) is 10.6 Å². The van der Waals surface area contributed by atoms with E-state index in [1.807, 2.05) is 30.3 Å². The third-order valence-electron chi connectivity index (χ3n) is 4.25. The molecular weight excluding hydrogens is 338 g/mol. The van der Waals surface area contributed by atoms with Crippen LogP contribution in [0.3, 0.4) is 0 Å². The molecule has 0 bridgehead atoms.